The van der Waals surface area contributed by atoms with E-state index in [2.05, 4.69) is 0 Å². The smallest absolute Gasteiger partial charge is 0.361 e. The maximum absolute atomic E-state index is 13.1. The minimum absolute atomic E-state index is 0.204. The molecule has 0 radical (unpaired) electrons. The third kappa shape index (κ3) is 6.07. The van der Waals surface area contributed by atoms with E-state index in [4.69, 9.17) is 14.2 Å². The highest BCUT2D eigenvalue weighted by molar-refractivity contribution is 5.92. The molecular formula is C25H32NO5+. The highest BCUT2D eigenvalue weighted by Gasteiger charge is 2.39. The second-order valence-electron chi connectivity index (χ2n) is 7.88. The predicted octanol–water partition coefficient (Wildman–Crippen LogP) is 4.16. The molecule has 6 nitrogen and oxygen atoms in total. The van der Waals surface area contributed by atoms with Gasteiger partial charge in [-0.1, -0.05) is 42.5 Å². The number of ether oxygens (including phenoxy) is 3. The van der Waals surface area contributed by atoms with Crippen LogP contribution < -0.4 is 4.74 Å². The van der Waals surface area contributed by atoms with E-state index >= 15 is 0 Å². The van der Waals surface area contributed by atoms with Crippen LogP contribution in [0.25, 0.3) is 0 Å². The molecule has 0 bridgehead atoms. The zero-order valence-electron chi connectivity index (χ0n) is 18.4. The average Bonchev–Trinajstić information content (AvgIpc) is 3.22. The SMILES string of the molecule is CCOC(=O)C[N+]1(CC(OC(=O)c2ccccc2OCC)c2ccccc2)CCCC1. The molecule has 0 spiro atoms. The van der Waals surface area contributed by atoms with Crippen LogP contribution in [0.3, 0.4) is 0 Å². The van der Waals surface area contributed by atoms with Crippen LogP contribution in [0.5, 0.6) is 5.75 Å². The number of carbonyl (C=O) groups is 2. The Morgan fingerprint density at radius 2 is 1.61 bits per heavy atom. The largest absolute Gasteiger partial charge is 0.493 e. The number of hydrogen-bond acceptors (Lipinski definition) is 5. The average molecular weight is 427 g/mol. The number of hydrogen-bond donors (Lipinski definition) is 0. The summed E-state index contributed by atoms with van der Waals surface area (Å²) < 4.78 is 17.5. The summed E-state index contributed by atoms with van der Waals surface area (Å²) in [6, 6.07) is 16.8. The Bertz CT molecular complexity index is 861. The maximum atomic E-state index is 13.1. The molecular weight excluding hydrogens is 394 g/mol. The fourth-order valence-electron chi connectivity index (χ4n) is 4.23. The minimum Gasteiger partial charge on any atom is -0.493 e. The van der Waals surface area contributed by atoms with Crippen LogP contribution >= 0.6 is 0 Å². The third-order valence-corrected chi connectivity index (χ3v) is 5.67. The van der Waals surface area contributed by atoms with Gasteiger partial charge in [-0.2, -0.15) is 0 Å². The van der Waals surface area contributed by atoms with Crippen molar-refractivity contribution in [2.45, 2.75) is 32.8 Å². The number of likely N-dealkylation sites (tertiary alicyclic amines) is 1. The van der Waals surface area contributed by atoms with Crippen molar-refractivity contribution in [3.63, 3.8) is 0 Å². The summed E-state index contributed by atoms with van der Waals surface area (Å²) >= 11 is 0. The van der Waals surface area contributed by atoms with E-state index in [9.17, 15) is 9.59 Å². The Balaban J connectivity index is 1.85. The van der Waals surface area contributed by atoms with Gasteiger partial charge in [0.25, 0.3) is 0 Å². The van der Waals surface area contributed by atoms with Crippen molar-refractivity contribution in [3.05, 3.63) is 65.7 Å². The van der Waals surface area contributed by atoms with Gasteiger partial charge in [0.1, 0.15) is 17.9 Å². The highest BCUT2D eigenvalue weighted by Crippen LogP contribution is 2.29. The van der Waals surface area contributed by atoms with E-state index in [1.54, 1.807) is 18.2 Å². The molecule has 0 aromatic heterocycles. The summed E-state index contributed by atoms with van der Waals surface area (Å²) in [5.41, 5.74) is 1.32. The fraction of sp³-hybridized carbons (Fsp3) is 0.440. The predicted molar refractivity (Wildman–Crippen MR) is 118 cm³/mol. The standard InChI is InChI=1S/C25H32NO5/c1-3-29-22-15-9-8-14-21(22)25(28)31-23(20-12-6-5-7-13-20)18-26(16-10-11-17-26)19-24(27)30-4-2/h5-9,12-15,23H,3-4,10-11,16-19H2,1-2H3/q+1. The number of quaternary nitrogens is 1. The van der Waals surface area contributed by atoms with Crippen LogP contribution in [-0.4, -0.2) is 55.8 Å². The Morgan fingerprint density at radius 1 is 0.935 bits per heavy atom. The van der Waals surface area contributed by atoms with Gasteiger partial charge in [0.2, 0.25) is 0 Å². The molecule has 0 aliphatic carbocycles. The van der Waals surface area contributed by atoms with Crippen molar-refractivity contribution in [1.82, 2.24) is 0 Å². The van der Waals surface area contributed by atoms with Gasteiger partial charge in [0, 0.05) is 12.8 Å². The van der Waals surface area contributed by atoms with Gasteiger partial charge in [-0.25, -0.2) is 9.59 Å². The summed E-state index contributed by atoms with van der Waals surface area (Å²) in [6.45, 7) is 7.10. The molecule has 1 fully saturated rings. The number of rotatable bonds is 10. The van der Waals surface area contributed by atoms with Gasteiger partial charge < -0.3 is 18.7 Å². The summed E-state index contributed by atoms with van der Waals surface area (Å²) in [5.74, 6) is -0.117. The summed E-state index contributed by atoms with van der Waals surface area (Å²) in [7, 11) is 0. The van der Waals surface area contributed by atoms with E-state index in [0.717, 1.165) is 31.5 Å². The molecule has 1 heterocycles. The lowest BCUT2D eigenvalue weighted by molar-refractivity contribution is -0.913. The van der Waals surface area contributed by atoms with Crippen molar-refractivity contribution in [3.8, 4) is 5.75 Å². The molecule has 1 unspecified atom stereocenters. The van der Waals surface area contributed by atoms with Gasteiger partial charge in [-0.3, -0.25) is 0 Å². The molecule has 2 aromatic carbocycles. The second-order valence-corrected chi connectivity index (χ2v) is 7.88. The number of esters is 2. The molecule has 166 valence electrons. The van der Waals surface area contributed by atoms with E-state index in [-0.39, 0.29) is 5.97 Å². The van der Waals surface area contributed by atoms with E-state index in [1.165, 1.54) is 0 Å². The zero-order valence-corrected chi connectivity index (χ0v) is 18.4. The first kappa shape index (κ1) is 22.8. The van der Waals surface area contributed by atoms with Crippen molar-refractivity contribution < 1.29 is 28.3 Å². The Labute approximate surface area is 184 Å². The summed E-state index contributed by atoms with van der Waals surface area (Å²) in [6.07, 6.45) is 1.61. The highest BCUT2D eigenvalue weighted by atomic mass is 16.5. The molecule has 0 saturated carbocycles. The van der Waals surface area contributed by atoms with Crippen LogP contribution in [0, 0.1) is 0 Å². The second kappa shape index (κ2) is 11.0. The van der Waals surface area contributed by atoms with Crippen molar-refractivity contribution >= 4 is 11.9 Å². The minimum atomic E-state index is -0.476. The lowest BCUT2D eigenvalue weighted by atomic mass is 10.1. The number of carbonyl (C=O) groups excluding carboxylic acids is 2. The lowest BCUT2D eigenvalue weighted by Gasteiger charge is -2.36. The van der Waals surface area contributed by atoms with Crippen molar-refractivity contribution in [2.75, 3.05) is 39.4 Å². The molecule has 3 rings (SSSR count). The number of para-hydroxylation sites is 1. The molecule has 0 N–H and O–H groups in total. The van der Waals surface area contributed by atoms with Crippen LogP contribution in [0.4, 0.5) is 0 Å². The summed E-state index contributed by atoms with van der Waals surface area (Å²) in [4.78, 5) is 25.4. The van der Waals surface area contributed by atoms with E-state index in [1.807, 2.05) is 50.2 Å². The molecule has 2 aromatic rings. The molecule has 6 heteroatoms. The lowest BCUT2D eigenvalue weighted by Crippen LogP contribution is -2.52. The topological polar surface area (TPSA) is 61.8 Å². The maximum Gasteiger partial charge on any atom is 0.361 e. The Morgan fingerprint density at radius 3 is 2.29 bits per heavy atom. The number of benzene rings is 2. The monoisotopic (exact) mass is 426 g/mol. The van der Waals surface area contributed by atoms with Gasteiger partial charge in [-0.15, -0.1) is 0 Å². The molecule has 1 aliphatic rings. The van der Waals surface area contributed by atoms with Crippen LogP contribution in [-0.2, 0) is 14.3 Å². The van der Waals surface area contributed by atoms with Crippen LogP contribution in [0.15, 0.2) is 54.6 Å². The van der Waals surface area contributed by atoms with Crippen LogP contribution in [0.2, 0.25) is 0 Å². The first-order valence-electron chi connectivity index (χ1n) is 11.1. The third-order valence-electron chi connectivity index (χ3n) is 5.67. The molecule has 1 saturated heterocycles. The van der Waals surface area contributed by atoms with Crippen LogP contribution in [0.1, 0.15) is 48.7 Å². The first-order chi connectivity index (χ1) is 15.1. The van der Waals surface area contributed by atoms with Crippen molar-refractivity contribution in [1.29, 1.82) is 0 Å². The van der Waals surface area contributed by atoms with E-state index in [0.29, 0.717) is 42.1 Å². The van der Waals surface area contributed by atoms with Gasteiger partial charge in [0.15, 0.2) is 12.6 Å². The van der Waals surface area contributed by atoms with E-state index < -0.39 is 12.1 Å². The molecule has 0 amide bonds. The number of nitrogens with zero attached hydrogens (tertiary/aromatic N) is 1. The molecule has 31 heavy (non-hydrogen) atoms. The normalized spacial score (nSPS) is 15.8. The van der Waals surface area contributed by atoms with Gasteiger partial charge >= 0.3 is 11.9 Å². The fourth-order valence-corrected chi connectivity index (χ4v) is 4.23. The van der Waals surface area contributed by atoms with Gasteiger partial charge in [-0.05, 0) is 31.5 Å². The van der Waals surface area contributed by atoms with Crippen molar-refractivity contribution in [2.24, 2.45) is 0 Å². The molecule has 1 atom stereocenters. The zero-order chi connectivity index (χ0) is 22.1. The Hall–Kier alpha value is -2.86. The quantitative estimate of drug-likeness (QED) is 0.422. The first-order valence-corrected chi connectivity index (χ1v) is 11.1. The summed E-state index contributed by atoms with van der Waals surface area (Å²) in [5, 5.41) is 0. The Kier molecular flexibility index (Phi) is 8.06. The molecule has 1 aliphatic heterocycles. The van der Waals surface area contributed by atoms with Gasteiger partial charge in [0.05, 0.1) is 26.3 Å².